The molecule has 0 radical (unpaired) electrons. The lowest BCUT2D eigenvalue weighted by Crippen LogP contribution is -2.54. The lowest BCUT2D eigenvalue weighted by atomic mass is 9.96. The smallest absolute Gasteiger partial charge is 0.325 e. The van der Waals surface area contributed by atoms with Gasteiger partial charge in [0, 0.05) is 17.6 Å². The zero-order valence-electron chi connectivity index (χ0n) is 10.5. The Kier molecular flexibility index (Phi) is 3.87. The Hall–Kier alpha value is -1.14. The lowest BCUT2D eigenvalue weighted by Gasteiger charge is -2.28. The van der Waals surface area contributed by atoms with Gasteiger partial charge in [-0.25, -0.2) is 9.97 Å². The SMILES string of the molecule is CNC(CSc1nccc(C)n1)(C(=O)O)C1CC1. The molecule has 1 aliphatic rings. The zero-order valence-corrected chi connectivity index (χ0v) is 11.3. The summed E-state index contributed by atoms with van der Waals surface area (Å²) in [6.07, 6.45) is 3.65. The van der Waals surface area contributed by atoms with Gasteiger partial charge in [0.2, 0.25) is 0 Å². The molecule has 1 aromatic rings. The van der Waals surface area contributed by atoms with Crippen LogP contribution in [0.1, 0.15) is 18.5 Å². The maximum absolute atomic E-state index is 11.5. The van der Waals surface area contributed by atoms with Gasteiger partial charge in [0.1, 0.15) is 5.54 Å². The highest BCUT2D eigenvalue weighted by Crippen LogP contribution is 2.42. The van der Waals surface area contributed by atoms with Gasteiger partial charge in [-0.15, -0.1) is 0 Å². The molecule has 98 valence electrons. The van der Waals surface area contributed by atoms with E-state index in [4.69, 9.17) is 0 Å². The fraction of sp³-hybridized carbons (Fsp3) is 0.583. The molecule has 0 aliphatic heterocycles. The van der Waals surface area contributed by atoms with Crippen LogP contribution >= 0.6 is 11.8 Å². The third-order valence-electron chi connectivity index (χ3n) is 3.30. The summed E-state index contributed by atoms with van der Waals surface area (Å²) in [4.78, 5) is 19.9. The summed E-state index contributed by atoms with van der Waals surface area (Å²) in [7, 11) is 1.71. The van der Waals surface area contributed by atoms with Gasteiger partial charge in [-0.05, 0) is 38.8 Å². The van der Waals surface area contributed by atoms with Crippen molar-refractivity contribution in [1.82, 2.24) is 15.3 Å². The van der Waals surface area contributed by atoms with Crippen molar-refractivity contribution in [3.8, 4) is 0 Å². The first-order chi connectivity index (χ1) is 8.58. The number of rotatable bonds is 6. The summed E-state index contributed by atoms with van der Waals surface area (Å²) < 4.78 is 0. The molecule has 1 aliphatic carbocycles. The largest absolute Gasteiger partial charge is 0.480 e. The first kappa shape index (κ1) is 13.3. The Labute approximate surface area is 110 Å². The van der Waals surface area contributed by atoms with Gasteiger partial charge in [0.05, 0.1) is 0 Å². The topological polar surface area (TPSA) is 75.1 Å². The van der Waals surface area contributed by atoms with Crippen molar-refractivity contribution in [1.29, 1.82) is 0 Å². The Morgan fingerprint density at radius 2 is 2.39 bits per heavy atom. The standard InChI is InChI=1S/C12H17N3O2S/c1-8-5-6-14-11(15-8)18-7-12(13-2,10(16)17)9-3-4-9/h5-6,9,13H,3-4,7H2,1-2H3,(H,16,17). The van der Waals surface area contributed by atoms with E-state index in [0.717, 1.165) is 18.5 Å². The van der Waals surface area contributed by atoms with E-state index in [1.54, 1.807) is 13.2 Å². The quantitative estimate of drug-likeness (QED) is 0.598. The van der Waals surface area contributed by atoms with Crippen LogP contribution in [0, 0.1) is 12.8 Å². The van der Waals surface area contributed by atoms with E-state index >= 15 is 0 Å². The second-order valence-corrected chi connectivity index (χ2v) is 5.51. The third kappa shape index (κ3) is 2.64. The molecule has 5 nitrogen and oxygen atoms in total. The predicted molar refractivity (Wildman–Crippen MR) is 69.6 cm³/mol. The van der Waals surface area contributed by atoms with Crippen molar-refractivity contribution in [3.05, 3.63) is 18.0 Å². The number of carbonyl (C=O) groups is 1. The number of thioether (sulfide) groups is 1. The minimum atomic E-state index is -0.849. The molecule has 0 bridgehead atoms. The first-order valence-electron chi connectivity index (χ1n) is 5.93. The molecule has 6 heteroatoms. The fourth-order valence-corrected chi connectivity index (χ4v) is 3.19. The number of hydrogen-bond acceptors (Lipinski definition) is 5. The van der Waals surface area contributed by atoms with Crippen LogP contribution in [0.15, 0.2) is 17.4 Å². The van der Waals surface area contributed by atoms with Gasteiger partial charge >= 0.3 is 5.97 Å². The molecule has 0 aromatic carbocycles. The van der Waals surface area contributed by atoms with E-state index in [9.17, 15) is 9.90 Å². The maximum atomic E-state index is 11.5. The molecule has 1 saturated carbocycles. The molecular weight excluding hydrogens is 250 g/mol. The highest BCUT2D eigenvalue weighted by atomic mass is 32.2. The monoisotopic (exact) mass is 267 g/mol. The minimum Gasteiger partial charge on any atom is -0.480 e. The number of nitrogens with zero attached hydrogens (tertiary/aromatic N) is 2. The fourth-order valence-electron chi connectivity index (χ4n) is 1.99. The number of likely N-dealkylation sites (N-methyl/N-ethyl adjacent to an activating group) is 1. The van der Waals surface area contributed by atoms with E-state index in [1.165, 1.54) is 11.8 Å². The van der Waals surface area contributed by atoms with Crippen molar-refractivity contribution >= 4 is 17.7 Å². The van der Waals surface area contributed by atoms with Gasteiger partial charge in [0.15, 0.2) is 5.16 Å². The average Bonchev–Trinajstić information content (AvgIpc) is 3.15. The summed E-state index contributed by atoms with van der Waals surface area (Å²) >= 11 is 1.40. The molecule has 0 spiro atoms. The molecule has 18 heavy (non-hydrogen) atoms. The van der Waals surface area contributed by atoms with Crippen molar-refractivity contribution < 1.29 is 9.90 Å². The van der Waals surface area contributed by atoms with Crippen LogP contribution in [0.3, 0.4) is 0 Å². The van der Waals surface area contributed by atoms with E-state index in [0.29, 0.717) is 10.9 Å². The molecule has 1 heterocycles. The molecule has 1 atom stereocenters. The van der Waals surface area contributed by atoms with Crippen LogP contribution in [0.5, 0.6) is 0 Å². The van der Waals surface area contributed by atoms with E-state index < -0.39 is 11.5 Å². The van der Waals surface area contributed by atoms with Crippen LogP contribution < -0.4 is 5.32 Å². The Morgan fingerprint density at radius 3 is 2.89 bits per heavy atom. The van der Waals surface area contributed by atoms with Crippen molar-refractivity contribution in [2.45, 2.75) is 30.5 Å². The number of aromatic nitrogens is 2. The van der Waals surface area contributed by atoms with Gasteiger partial charge in [-0.3, -0.25) is 4.79 Å². The van der Waals surface area contributed by atoms with Gasteiger partial charge in [-0.2, -0.15) is 0 Å². The maximum Gasteiger partial charge on any atom is 0.325 e. The zero-order chi connectivity index (χ0) is 13.2. The van der Waals surface area contributed by atoms with Crippen LogP contribution in [-0.2, 0) is 4.79 Å². The normalized spacial score (nSPS) is 18.3. The Bertz CT molecular complexity index is 451. The van der Waals surface area contributed by atoms with Gasteiger partial charge in [-0.1, -0.05) is 11.8 Å². The molecule has 2 rings (SSSR count). The number of nitrogens with one attached hydrogen (secondary N) is 1. The molecule has 1 fully saturated rings. The van der Waals surface area contributed by atoms with Crippen LogP contribution in [0.2, 0.25) is 0 Å². The number of carboxylic acids is 1. The van der Waals surface area contributed by atoms with E-state index in [-0.39, 0.29) is 5.92 Å². The summed E-state index contributed by atoms with van der Waals surface area (Å²) in [6, 6.07) is 1.83. The molecule has 1 aromatic heterocycles. The van der Waals surface area contributed by atoms with Crippen molar-refractivity contribution in [2.75, 3.05) is 12.8 Å². The van der Waals surface area contributed by atoms with Crippen LogP contribution in [0.25, 0.3) is 0 Å². The molecule has 1 unspecified atom stereocenters. The molecule has 0 saturated heterocycles. The van der Waals surface area contributed by atoms with Gasteiger partial charge < -0.3 is 10.4 Å². The Morgan fingerprint density at radius 1 is 1.67 bits per heavy atom. The average molecular weight is 267 g/mol. The summed E-state index contributed by atoms with van der Waals surface area (Å²) in [5.41, 5.74) is 0.0434. The van der Waals surface area contributed by atoms with E-state index in [1.807, 2.05) is 13.0 Å². The second kappa shape index (κ2) is 5.24. The summed E-state index contributed by atoms with van der Waals surface area (Å²) in [6.45, 7) is 1.90. The number of aliphatic carboxylic acids is 1. The van der Waals surface area contributed by atoms with Crippen LogP contribution in [0.4, 0.5) is 0 Å². The van der Waals surface area contributed by atoms with Gasteiger partial charge in [0.25, 0.3) is 0 Å². The summed E-state index contributed by atoms with van der Waals surface area (Å²) in [5.74, 6) is -0.114. The number of aryl methyl sites for hydroxylation is 1. The van der Waals surface area contributed by atoms with E-state index in [2.05, 4.69) is 15.3 Å². The van der Waals surface area contributed by atoms with Crippen molar-refractivity contribution in [2.24, 2.45) is 5.92 Å². The molecule has 2 N–H and O–H groups in total. The minimum absolute atomic E-state index is 0.220. The highest BCUT2D eigenvalue weighted by Gasteiger charge is 2.50. The molecular formula is C12H17N3O2S. The van der Waals surface area contributed by atoms with Crippen LogP contribution in [-0.4, -0.2) is 39.4 Å². The number of carboxylic acid groups (broad SMARTS) is 1. The lowest BCUT2D eigenvalue weighted by molar-refractivity contribution is -0.144. The Balaban J connectivity index is 2.08. The predicted octanol–water partition coefficient (Wildman–Crippen LogP) is 1.33. The van der Waals surface area contributed by atoms with Crippen molar-refractivity contribution in [3.63, 3.8) is 0 Å². The third-order valence-corrected chi connectivity index (χ3v) is 4.36. The highest BCUT2D eigenvalue weighted by molar-refractivity contribution is 7.99. The molecule has 0 amide bonds. The summed E-state index contributed by atoms with van der Waals surface area (Å²) in [5, 5.41) is 13.1. The first-order valence-corrected chi connectivity index (χ1v) is 6.92. The number of hydrogen-bond donors (Lipinski definition) is 2. The second-order valence-electron chi connectivity index (χ2n) is 4.57.